The van der Waals surface area contributed by atoms with Crippen molar-refractivity contribution < 1.29 is 9.59 Å². The second-order valence-corrected chi connectivity index (χ2v) is 6.01. The SMILES string of the molecule is O=C(CC1c2ncccc2C(=O)N1c1ccccc1)NC1CC1. The Kier molecular flexibility index (Phi) is 3.33. The van der Waals surface area contributed by atoms with E-state index in [9.17, 15) is 9.59 Å². The minimum atomic E-state index is -0.347. The van der Waals surface area contributed by atoms with E-state index in [4.69, 9.17) is 0 Å². The Morgan fingerprint density at radius 1 is 1.17 bits per heavy atom. The summed E-state index contributed by atoms with van der Waals surface area (Å²) in [5, 5.41) is 2.99. The third-order valence-electron chi connectivity index (χ3n) is 4.27. The van der Waals surface area contributed by atoms with E-state index >= 15 is 0 Å². The number of rotatable bonds is 4. The summed E-state index contributed by atoms with van der Waals surface area (Å²) in [6.45, 7) is 0. The molecule has 2 aromatic rings. The maximum absolute atomic E-state index is 12.8. The van der Waals surface area contributed by atoms with Crippen LogP contribution in [0.1, 0.15) is 41.4 Å². The molecule has 23 heavy (non-hydrogen) atoms. The van der Waals surface area contributed by atoms with Crippen molar-refractivity contribution in [3.05, 3.63) is 59.9 Å². The van der Waals surface area contributed by atoms with Gasteiger partial charge in [-0.1, -0.05) is 18.2 Å². The van der Waals surface area contributed by atoms with Gasteiger partial charge in [0.1, 0.15) is 0 Å². The minimum Gasteiger partial charge on any atom is -0.353 e. The van der Waals surface area contributed by atoms with E-state index in [2.05, 4.69) is 10.3 Å². The molecule has 2 amide bonds. The normalized spacial score (nSPS) is 19.6. The van der Waals surface area contributed by atoms with Gasteiger partial charge in [-0.2, -0.15) is 0 Å². The Balaban J connectivity index is 1.68. The van der Waals surface area contributed by atoms with Crippen LogP contribution in [0.25, 0.3) is 0 Å². The number of hydrogen-bond acceptors (Lipinski definition) is 3. The maximum Gasteiger partial charge on any atom is 0.260 e. The van der Waals surface area contributed by atoms with Gasteiger partial charge in [-0.3, -0.25) is 19.5 Å². The van der Waals surface area contributed by atoms with Gasteiger partial charge in [-0.25, -0.2) is 0 Å². The molecule has 0 bridgehead atoms. The Morgan fingerprint density at radius 2 is 1.96 bits per heavy atom. The van der Waals surface area contributed by atoms with Gasteiger partial charge in [-0.05, 0) is 37.1 Å². The number of anilines is 1. The molecule has 1 saturated carbocycles. The zero-order valence-electron chi connectivity index (χ0n) is 12.6. The average molecular weight is 307 g/mol. The summed E-state index contributed by atoms with van der Waals surface area (Å²) in [5.74, 6) is -0.117. The summed E-state index contributed by atoms with van der Waals surface area (Å²) in [7, 11) is 0. The van der Waals surface area contributed by atoms with E-state index in [1.54, 1.807) is 23.2 Å². The average Bonchev–Trinajstić information content (AvgIpc) is 3.34. The first-order chi connectivity index (χ1) is 11.2. The smallest absolute Gasteiger partial charge is 0.260 e. The topological polar surface area (TPSA) is 62.3 Å². The molecule has 0 saturated heterocycles. The molecule has 4 rings (SSSR count). The van der Waals surface area contributed by atoms with Crippen molar-refractivity contribution >= 4 is 17.5 Å². The van der Waals surface area contributed by atoms with E-state index in [-0.39, 0.29) is 24.3 Å². The van der Waals surface area contributed by atoms with Crippen molar-refractivity contribution in [3.8, 4) is 0 Å². The highest BCUT2D eigenvalue weighted by molar-refractivity contribution is 6.11. The number of aromatic nitrogens is 1. The van der Waals surface area contributed by atoms with Crippen LogP contribution in [0.5, 0.6) is 0 Å². The van der Waals surface area contributed by atoms with Crippen molar-refractivity contribution in [2.24, 2.45) is 0 Å². The van der Waals surface area contributed by atoms with Crippen LogP contribution in [0.4, 0.5) is 5.69 Å². The van der Waals surface area contributed by atoms with Crippen LogP contribution in [0.3, 0.4) is 0 Å². The number of benzene rings is 1. The van der Waals surface area contributed by atoms with Gasteiger partial charge in [0, 0.05) is 17.9 Å². The molecule has 116 valence electrons. The molecule has 2 aliphatic rings. The number of hydrogen-bond donors (Lipinski definition) is 1. The molecule has 1 atom stereocenters. The number of amides is 2. The first-order valence-corrected chi connectivity index (χ1v) is 7.87. The summed E-state index contributed by atoms with van der Waals surface area (Å²) >= 11 is 0. The van der Waals surface area contributed by atoms with Crippen LogP contribution in [-0.2, 0) is 4.79 Å². The summed E-state index contributed by atoms with van der Waals surface area (Å²) in [4.78, 5) is 31.1. The van der Waals surface area contributed by atoms with E-state index in [1.165, 1.54) is 0 Å². The van der Waals surface area contributed by atoms with Gasteiger partial charge in [0.05, 0.1) is 23.7 Å². The lowest BCUT2D eigenvalue weighted by atomic mass is 10.1. The van der Waals surface area contributed by atoms with Gasteiger partial charge in [0.15, 0.2) is 0 Å². The number of para-hydroxylation sites is 1. The monoisotopic (exact) mass is 307 g/mol. The maximum atomic E-state index is 12.8. The van der Waals surface area contributed by atoms with E-state index < -0.39 is 0 Å². The van der Waals surface area contributed by atoms with Gasteiger partial charge >= 0.3 is 0 Å². The molecule has 1 aliphatic carbocycles. The van der Waals surface area contributed by atoms with Gasteiger partial charge < -0.3 is 5.32 Å². The highest BCUT2D eigenvalue weighted by Gasteiger charge is 2.40. The Labute approximate surface area is 134 Å². The van der Waals surface area contributed by atoms with Crippen molar-refractivity contribution in [3.63, 3.8) is 0 Å². The second kappa shape index (κ2) is 5.50. The fourth-order valence-electron chi connectivity index (χ4n) is 3.02. The molecule has 1 aromatic heterocycles. The third-order valence-corrected chi connectivity index (χ3v) is 4.27. The number of pyridine rings is 1. The van der Waals surface area contributed by atoms with E-state index in [0.29, 0.717) is 17.3 Å². The first-order valence-electron chi connectivity index (χ1n) is 7.87. The fraction of sp³-hybridized carbons (Fsp3) is 0.278. The molecule has 2 heterocycles. The Bertz CT molecular complexity index is 756. The highest BCUT2D eigenvalue weighted by atomic mass is 16.2. The summed E-state index contributed by atoms with van der Waals surface area (Å²) in [5.41, 5.74) is 2.06. The predicted molar refractivity (Wildman–Crippen MR) is 86.0 cm³/mol. The van der Waals surface area contributed by atoms with Crippen LogP contribution >= 0.6 is 0 Å². The van der Waals surface area contributed by atoms with Crippen molar-refractivity contribution in [2.45, 2.75) is 31.3 Å². The van der Waals surface area contributed by atoms with Crippen molar-refractivity contribution in [1.82, 2.24) is 10.3 Å². The second-order valence-electron chi connectivity index (χ2n) is 6.01. The lowest BCUT2D eigenvalue weighted by Gasteiger charge is -2.24. The van der Waals surface area contributed by atoms with Crippen LogP contribution in [0, 0.1) is 0 Å². The fourth-order valence-corrected chi connectivity index (χ4v) is 3.02. The quantitative estimate of drug-likeness (QED) is 0.943. The number of carbonyl (C=O) groups is 2. The molecule has 1 N–H and O–H groups in total. The van der Waals surface area contributed by atoms with Crippen molar-refractivity contribution in [1.29, 1.82) is 0 Å². The number of fused-ring (bicyclic) bond motifs is 1. The minimum absolute atomic E-state index is 0.0234. The molecule has 0 radical (unpaired) electrons. The molecule has 5 heteroatoms. The Morgan fingerprint density at radius 3 is 2.70 bits per heavy atom. The molecule has 1 unspecified atom stereocenters. The molecular formula is C18H17N3O2. The molecule has 0 spiro atoms. The zero-order valence-corrected chi connectivity index (χ0v) is 12.6. The molecule has 5 nitrogen and oxygen atoms in total. The molecule has 1 fully saturated rings. The lowest BCUT2D eigenvalue weighted by molar-refractivity contribution is -0.121. The van der Waals surface area contributed by atoms with Crippen LogP contribution in [-0.4, -0.2) is 22.8 Å². The summed E-state index contributed by atoms with van der Waals surface area (Å²) < 4.78 is 0. The summed E-state index contributed by atoms with van der Waals surface area (Å²) in [6, 6.07) is 13.0. The van der Waals surface area contributed by atoms with E-state index in [0.717, 1.165) is 18.5 Å². The zero-order chi connectivity index (χ0) is 15.8. The van der Waals surface area contributed by atoms with Gasteiger partial charge in [0.25, 0.3) is 5.91 Å². The van der Waals surface area contributed by atoms with Crippen LogP contribution in [0.2, 0.25) is 0 Å². The van der Waals surface area contributed by atoms with Crippen LogP contribution < -0.4 is 10.2 Å². The first kappa shape index (κ1) is 13.9. The molecule has 1 aromatic carbocycles. The van der Waals surface area contributed by atoms with Crippen molar-refractivity contribution in [2.75, 3.05) is 4.90 Å². The Hall–Kier alpha value is -2.69. The lowest BCUT2D eigenvalue weighted by Crippen LogP contribution is -2.33. The standard InChI is InChI=1S/C18H17N3O2/c22-16(20-12-8-9-12)11-15-17-14(7-4-10-19-17)18(23)21(15)13-5-2-1-3-6-13/h1-7,10,12,15H,8-9,11H2,(H,20,22). The van der Waals surface area contributed by atoms with Gasteiger partial charge in [-0.15, -0.1) is 0 Å². The highest BCUT2D eigenvalue weighted by Crippen LogP contribution is 2.38. The number of carbonyl (C=O) groups excluding carboxylic acids is 2. The van der Waals surface area contributed by atoms with Gasteiger partial charge in [0.2, 0.25) is 5.91 Å². The largest absolute Gasteiger partial charge is 0.353 e. The number of nitrogens with one attached hydrogen (secondary N) is 1. The molecular weight excluding hydrogens is 290 g/mol. The van der Waals surface area contributed by atoms with E-state index in [1.807, 2.05) is 30.3 Å². The molecule has 1 aliphatic heterocycles. The predicted octanol–water partition coefficient (Wildman–Crippen LogP) is 2.45. The summed E-state index contributed by atoms with van der Waals surface area (Å²) in [6.07, 6.45) is 4.01. The van der Waals surface area contributed by atoms with Crippen LogP contribution in [0.15, 0.2) is 48.7 Å². The third kappa shape index (κ3) is 2.59. The number of nitrogens with zero attached hydrogens (tertiary/aromatic N) is 2.